The molecule has 0 aliphatic heterocycles. The molecule has 1 aromatic heterocycles. The molecule has 1 N–H and O–H groups in total. The Morgan fingerprint density at radius 2 is 1.95 bits per heavy atom. The van der Waals surface area contributed by atoms with Gasteiger partial charge in [0.25, 0.3) is 0 Å². The Balaban J connectivity index is 2.01. The highest BCUT2D eigenvalue weighted by molar-refractivity contribution is 5.11. The molecule has 21 heavy (non-hydrogen) atoms. The fraction of sp³-hybridized carbons (Fsp3) is 0.750. The fourth-order valence-electron chi connectivity index (χ4n) is 1.80. The van der Waals surface area contributed by atoms with Crippen molar-refractivity contribution in [2.75, 3.05) is 40.1 Å². The van der Waals surface area contributed by atoms with Gasteiger partial charge in [-0.25, -0.2) is 0 Å². The van der Waals surface area contributed by atoms with Gasteiger partial charge in [0, 0.05) is 32.4 Å². The van der Waals surface area contributed by atoms with Gasteiger partial charge in [0.2, 0.25) is 0 Å². The number of furan rings is 1. The molecule has 1 heterocycles. The van der Waals surface area contributed by atoms with Gasteiger partial charge in [-0.3, -0.25) is 0 Å². The van der Waals surface area contributed by atoms with Crippen LogP contribution in [-0.2, 0) is 27.4 Å². The molecule has 0 atom stereocenters. The summed E-state index contributed by atoms with van der Waals surface area (Å²) in [6.07, 6.45) is 2.70. The first-order chi connectivity index (χ1) is 10.2. The summed E-state index contributed by atoms with van der Waals surface area (Å²) in [6.45, 7) is 9.36. The molecule has 0 radical (unpaired) electrons. The van der Waals surface area contributed by atoms with Gasteiger partial charge in [-0.1, -0.05) is 13.8 Å². The van der Waals surface area contributed by atoms with Crippen molar-refractivity contribution in [1.82, 2.24) is 5.32 Å². The van der Waals surface area contributed by atoms with Gasteiger partial charge in [0.1, 0.15) is 12.4 Å². The van der Waals surface area contributed by atoms with E-state index < -0.39 is 0 Å². The third-order valence-electron chi connectivity index (χ3n) is 2.84. The molecule has 5 nitrogen and oxygen atoms in total. The lowest BCUT2D eigenvalue weighted by atomic mass is 10.2. The van der Waals surface area contributed by atoms with Crippen molar-refractivity contribution < 1.29 is 18.6 Å². The molecule has 1 rings (SSSR count). The Bertz CT molecular complexity index is 352. The fourth-order valence-corrected chi connectivity index (χ4v) is 1.80. The van der Waals surface area contributed by atoms with E-state index in [0.29, 0.717) is 32.3 Å². The van der Waals surface area contributed by atoms with Crippen LogP contribution in [0.3, 0.4) is 0 Å². The number of ether oxygens (including phenoxy) is 3. The van der Waals surface area contributed by atoms with Crippen molar-refractivity contribution >= 4 is 0 Å². The third kappa shape index (κ3) is 9.63. The van der Waals surface area contributed by atoms with Crippen molar-refractivity contribution in [3.63, 3.8) is 0 Å². The molecular weight excluding hydrogens is 270 g/mol. The number of hydrogen-bond donors (Lipinski definition) is 1. The van der Waals surface area contributed by atoms with Gasteiger partial charge in [-0.15, -0.1) is 0 Å². The minimum atomic E-state index is 0.492. The minimum absolute atomic E-state index is 0.492. The average Bonchev–Trinajstić information content (AvgIpc) is 2.89. The van der Waals surface area contributed by atoms with Crippen LogP contribution in [0.5, 0.6) is 0 Å². The third-order valence-corrected chi connectivity index (χ3v) is 2.84. The highest BCUT2D eigenvalue weighted by Crippen LogP contribution is 2.09. The maximum atomic E-state index is 5.51. The van der Waals surface area contributed by atoms with Gasteiger partial charge in [-0.2, -0.15) is 0 Å². The average molecular weight is 299 g/mol. The van der Waals surface area contributed by atoms with Gasteiger partial charge in [-0.05, 0) is 24.9 Å². The first-order valence-corrected chi connectivity index (χ1v) is 7.63. The summed E-state index contributed by atoms with van der Waals surface area (Å²) in [5.41, 5.74) is 1.16. The maximum Gasteiger partial charge on any atom is 0.129 e. The lowest BCUT2D eigenvalue weighted by Crippen LogP contribution is -2.18. The van der Waals surface area contributed by atoms with Crippen LogP contribution in [0.15, 0.2) is 16.7 Å². The van der Waals surface area contributed by atoms with Crippen LogP contribution in [0.1, 0.15) is 31.6 Å². The molecular formula is C16H29NO4. The molecule has 0 aliphatic carbocycles. The minimum Gasteiger partial charge on any atom is -0.467 e. The molecule has 1 aromatic rings. The van der Waals surface area contributed by atoms with E-state index in [1.807, 2.05) is 6.07 Å². The Morgan fingerprint density at radius 3 is 2.71 bits per heavy atom. The predicted molar refractivity (Wildman–Crippen MR) is 82.2 cm³/mol. The number of rotatable bonds is 13. The maximum absolute atomic E-state index is 5.51. The van der Waals surface area contributed by atoms with Crippen molar-refractivity contribution in [2.45, 2.75) is 33.4 Å². The van der Waals surface area contributed by atoms with E-state index in [-0.39, 0.29) is 0 Å². The lowest BCUT2D eigenvalue weighted by Gasteiger charge is -2.05. The van der Waals surface area contributed by atoms with Gasteiger partial charge in [0.15, 0.2) is 0 Å². The number of hydrogen-bond acceptors (Lipinski definition) is 5. The van der Waals surface area contributed by atoms with E-state index in [0.717, 1.165) is 37.4 Å². The van der Waals surface area contributed by atoms with Gasteiger partial charge >= 0.3 is 0 Å². The van der Waals surface area contributed by atoms with Crippen molar-refractivity contribution in [1.29, 1.82) is 0 Å². The van der Waals surface area contributed by atoms with Crippen LogP contribution in [0.2, 0.25) is 0 Å². The van der Waals surface area contributed by atoms with E-state index in [1.54, 1.807) is 13.4 Å². The molecule has 5 heteroatoms. The zero-order chi connectivity index (χ0) is 15.3. The monoisotopic (exact) mass is 299 g/mol. The van der Waals surface area contributed by atoms with Crippen molar-refractivity contribution in [3.8, 4) is 0 Å². The Labute approximate surface area is 127 Å². The van der Waals surface area contributed by atoms with E-state index in [4.69, 9.17) is 18.6 Å². The summed E-state index contributed by atoms with van der Waals surface area (Å²) in [7, 11) is 1.69. The zero-order valence-electron chi connectivity index (χ0n) is 13.5. The molecule has 0 fully saturated rings. The van der Waals surface area contributed by atoms with Gasteiger partial charge < -0.3 is 23.9 Å². The number of methoxy groups -OCH3 is 1. The lowest BCUT2D eigenvalue weighted by molar-refractivity contribution is 0.0287. The summed E-state index contributed by atoms with van der Waals surface area (Å²) in [5.74, 6) is 1.51. The van der Waals surface area contributed by atoms with E-state index >= 15 is 0 Å². The van der Waals surface area contributed by atoms with Crippen molar-refractivity contribution in [3.05, 3.63) is 23.7 Å². The molecule has 0 saturated carbocycles. The smallest absolute Gasteiger partial charge is 0.129 e. The molecule has 0 amide bonds. The summed E-state index contributed by atoms with van der Waals surface area (Å²) < 4.78 is 21.3. The van der Waals surface area contributed by atoms with Crippen LogP contribution in [-0.4, -0.2) is 40.1 Å². The summed E-state index contributed by atoms with van der Waals surface area (Å²) >= 11 is 0. The molecule has 0 aliphatic rings. The van der Waals surface area contributed by atoms with Crippen LogP contribution in [0.4, 0.5) is 0 Å². The topological polar surface area (TPSA) is 52.9 Å². The molecule has 0 bridgehead atoms. The zero-order valence-corrected chi connectivity index (χ0v) is 13.5. The normalized spacial score (nSPS) is 11.4. The summed E-state index contributed by atoms with van der Waals surface area (Å²) in [6, 6.07) is 2.03. The predicted octanol–water partition coefficient (Wildman–Crippen LogP) is 2.59. The highest BCUT2D eigenvalue weighted by atomic mass is 16.5. The summed E-state index contributed by atoms with van der Waals surface area (Å²) in [4.78, 5) is 0. The highest BCUT2D eigenvalue weighted by Gasteiger charge is 2.02. The number of nitrogens with one attached hydrogen (secondary N) is 1. The van der Waals surface area contributed by atoms with Crippen LogP contribution >= 0.6 is 0 Å². The molecule has 0 aromatic carbocycles. The second-order valence-corrected chi connectivity index (χ2v) is 5.46. The van der Waals surface area contributed by atoms with Crippen LogP contribution in [0, 0.1) is 5.92 Å². The van der Waals surface area contributed by atoms with E-state index in [2.05, 4.69) is 19.2 Å². The SMILES string of the molecule is COCCCOCCOCc1cc(CNCC(C)C)co1. The Hall–Kier alpha value is -0.880. The molecule has 122 valence electrons. The molecule has 0 spiro atoms. The Morgan fingerprint density at radius 1 is 1.14 bits per heavy atom. The van der Waals surface area contributed by atoms with Gasteiger partial charge in [0.05, 0.1) is 19.5 Å². The van der Waals surface area contributed by atoms with Crippen LogP contribution < -0.4 is 5.32 Å². The summed E-state index contributed by atoms with van der Waals surface area (Å²) in [5, 5.41) is 3.38. The second-order valence-electron chi connectivity index (χ2n) is 5.46. The first kappa shape index (κ1) is 18.2. The largest absolute Gasteiger partial charge is 0.467 e. The van der Waals surface area contributed by atoms with Crippen LogP contribution in [0.25, 0.3) is 0 Å². The first-order valence-electron chi connectivity index (χ1n) is 7.63. The van der Waals surface area contributed by atoms with Crippen molar-refractivity contribution in [2.24, 2.45) is 5.92 Å². The molecule has 0 saturated heterocycles. The second kappa shape index (κ2) is 11.7. The Kier molecular flexibility index (Phi) is 10.2. The van der Waals surface area contributed by atoms with E-state index in [9.17, 15) is 0 Å². The molecule has 0 unspecified atom stereocenters. The van der Waals surface area contributed by atoms with E-state index in [1.165, 1.54) is 0 Å². The standard InChI is InChI=1S/C16H29NO4/c1-14(2)10-17-11-15-9-16(21-12-15)13-20-8-7-19-6-4-5-18-3/h9,12,14,17H,4-8,10-11,13H2,1-3H3. The quantitative estimate of drug-likeness (QED) is 0.567.